The standard InChI is InChI=1S/C21H26FN3O3S/c1-24(29(27,28)20-11-9-17(22)10-12-20)14-5-8-21(26)25-15-13-19(16-25)23-18-6-3-2-4-7-18/h2-4,6-7,9-12,19,23H,5,8,13-16H2,1H3. The van der Waals surface area contributed by atoms with Gasteiger partial charge in [0.05, 0.1) is 4.90 Å². The fourth-order valence-electron chi connectivity index (χ4n) is 3.39. The molecule has 8 heteroatoms. The molecule has 156 valence electrons. The first kappa shape index (κ1) is 21.3. The van der Waals surface area contributed by atoms with Crippen LogP contribution in [0.1, 0.15) is 19.3 Å². The third-order valence-electron chi connectivity index (χ3n) is 5.07. The number of anilines is 1. The molecule has 0 aromatic heterocycles. The van der Waals surface area contributed by atoms with Crippen LogP contribution in [0.2, 0.25) is 0 Å². The minimum Gasteiger partial charge on any atom is -0.380 e. The Morgan fingerprint density at radius 3 is 2.55 bits per heavy atom. The molecule has 1 aliphatic heterocycles. The molecule has 0 spiro atoms. The van der Waals surface area contributed by atoms with Crippen LogP contribution in [0.5, 0.6) is 0 Å². The van der Waals surface area contributed by atoms with E-state index in [4.69, 9.17) is 0 Å². The van der Waals surface area contributed by atoms with Crippen LogP contribution >= 0.6 is 0 Å². The number of likely N-dealkylation sites (tertiary alicyclic amines) is 1. The predicted octanol–water partition coefficient (Wildman–Crippen LogP) is 2.94. The van der Waals surface area contributed by atoms with Crippen molar-refractivity contribution in [3.63, 3.8) is 0 Å². The van der Waals surface area contributed by atoms with Crippen LogP contribution in [0, 0.1) is 5.82 Å². The van der Waals surface area contributed by atoms with E-state index in [1.807, 2.05) is 35.2 Å². The van der Waals surface area contributed by atoms with Gasteiger partial charge in [0.2, 0.25) is 15.9 Å². The van der Waals surface area contributed by atoms with Gasteiger partial charge in [-0.1, -0.05) is 18.2 Å². The summed E-state index contributed by atoms with van der Waals surface area (Å²) < 4.78 is 39.2. The maximum Gasteiger partial charge on any atom is 0.242 e. The monoisotopic (exact) mass is 419 g/mol. The minimum absolute atomic E-state index is 0.0370. The summed E-state index contributed by atoms with van der Waals surface area (Å²) in [5.74, 6) is -0.446. The van der Waals surface area contributed by atoms with Crippen molar-refractivity contribution in [1.82, 2.24) is 9.21 Å². The molecule has 1 unspecified atom stereocenters. The Balaban J connectivity index is 1.44. The largest absolute Gasteiger partial charge is 0.380 e. The van der Waals surface area contributed by atoms with Crippen molar-refractivity contribution in [2.45, 2.75) is 30.2 Å². The van der Waals surface area contributed by atoms with Crippen LogP contribution in [0.25, 0.3) is 0 Å². The van der Waals surface area contributed by atoms with Gasteiger partial charge in [0.1, 0.15) is 5.82 Å². The molecule has 1 N–H and O–H groups in total. The van der Waals surface area contributed by atoms with Crippen molar-refractivity contribution in [3.05, 3.63) is 60.4 Å². The number of benzene rings is 2. The third-order valence-corrected chi connectivity index (χ3v) is 6.94. The Morgan fingerprint density at radius 1 is 1.17 bits per heavy atom. The van der Waals surface area contributed by atoms with Gasteiger partial charge in [0, 0.05) is 44.8 Å². The molecule has 2 aromatic rings. The SMILES string of the molecule is CN(CCCC(=O)N1CCC(Nc2ccccc2)C1)S(=O)(=O)c1ccc(F)cc1. The zero-order valence-corrected chi connectivity index (χ0v) is 17.2. The van der Waals surface area contributed by atoms with Crippen molar-refractivity contribution >= 4 is 21.6 Å². The number of halogens is 1. The lowest BCUT2D eigenvalue weighted by molar-refractivity contribution is -0.130. The predicted molar refractivity (Wildman–Crippen MR) is 110 cm³/mol. The van der Waals surface area contributed by atoms with Gasteiger partial charge < -0.3 is 10.2 Å². The lowest BCUT2D eigenvalue weighted by Crippen LogP contribution is -2.33. The van der Waals surface area contributed by atoms with E-state index >= 15 is 0 Å². The summed E-state index contributed by atoms with van der Waals surface area (Å²) in [6, 6.07) is 14.9. The van der Waals surface area contributed by atoms with Gasteiger partial charge in [-0.15, -0.1) is 0 Å². The quantitative estimate of drug-likeness (QED) is 0.714. The number of para-hydroxylation sites is 1. The molecule has 29 heavy (non-hydrogen) atoms. The highest BCUT2D eigenvalue weighted by Crippen LogP contribution is 2.18. The first-order valence-corrected chi connectivity index (χ1v) is 11.1. The normalized spacial score (nSPS) is 16.9. The van der Waals surface area contributed by atoms with Crippen molar-refractivity contribution in [3.8, 4) is 0 Å². The van der Waals surface area contributed by atoms with Crippen molar-refractivity contribution in [2.24, 2.45) is 0 Å². The molecule has 6 nitrogen and oxygen atoms in total. The number of hydrogen-bond donors (Lipinski definition) is 1. The Morgan fingerprint density at radius 2 is 1.86 bits per heavy atom. The van der Waals surface area contributed by atoms with E-state index in [2.05, 4.69) is 5.32 Å². The summed E-state index contributed by atoms with van der Waals surface area (Å²) in [7, 11) is -2.21. The molecule has 0 radical (unpaired) electrons. The molecule has 1 atom stereocenters. The van der Waals surface area contributed by atoms with Gasteiger partial charge in [-0.25, -0.2) is 17.1 Å². The first-order chi connectivity index (χ1) is 13.9. The van der Waals surface area contributed by atoms with Gasteiger partial charge in [-0.3, -0.25) is 4.79 Å². The average molecular weight is 420 g/mol. The number of carbonyl (C=O) groups excluding carboxylic acids is 1. The number of amides is 1. The molecular formula is C21H26FN3O3S. The average Bonchev–Trinajstić information content (AvgIpc) is 3.17. The second-order valence-electron chi connectivity index (χ2n) is 7.22. The molecule has 1 fully saturated rings. The number of carbonyl (C=O) groups is 1. The number of nitrogens with zero attached hydrogens (tertiary/aromatic N) is 2. The Labute approximate surface area is 171 Å². The van der Waals surface area contributed by atoms with Gasteiger partial charge >= 0.3 is 0 Å². The smallest absolute Gasteiger partial charge is 0.242 e. The zero-order valence-electron chi connectivity index (χ0n) is 16.4. The van der Waals surface area contributed by atoms with E-state index < -0.39 is 15.8 Å². The summed E-state index contributed by atoms with van der Waals surface area (Å²) in [5, 5.41) is 3.43. The van der Waals surface area contributed by atoms with Gasteiger partial charge in [0.15, 0.2) is 0 Å². The Hall–Kier alpha value is -2.45. The van der Waals surface area contributed by atoms with E-state index in [0.29, 0.717) is 25.9 Å². The number of rotatable bonds is 8. The second-order valence-corrected chi connectivity index (χ2v) is 9.26. The van der Waals surface area contributed by atoms with Crippen LogP contribution in [0.4, 0.5) is 10.1 Å². The van der Waals surface area contributed by atoms with E-state index in [9.17, 15) is 17.6 Å². The lowest BCUT2D eigenvalue weighted by Gasteiger charge is -2.20. The van der Waals surface area contributed by atoms with Crippen molar-refractivity contribution in [2.75, 3.05) is 32.0 Å². The Bertz CT molecular complexity index is 920. The summed E-state index contributed by atoms with van der Waals surface area (Å²) in [6.45, 7) is 1.58. The zero-order chi connectivity index (χ0) is 20.9. The molecule has 3 rings (SSSR count). The first-order valence-electron chi connectivity index (χ1n) is 9.67. The topological polar surface area (TPSA) is 69.7 Å². The molecule has 0 bridgehead atoms. The van der Waals surface area contributed by atoms with Crippen LogP contribution < -0.4 is 5.32 Å². The molecular weight excluding hydrogens is 393 g/mol. The summed E-state index contributed by atoms with van der Waals surface area (Å²) in [4.78, 5) is 14.3. The maximum atomic E-state index is 13.0. The van der Waals surface area contributed by atoms with Crippen molar-refractivity contribution < 1.29 is 17.6 Å². The van der Waals surface area contributed by atoms with Gasteiger partial charge in [0.25, 0.3) is 0 Å². The van der Waals surface area contributed by atoms with E-state index in [1.54, 1.807) is 0 Å². The van der Waals surface area contributed by atoms with E-state index in [0.717, 1.165) is 24.2 Å². The van der Waals surface area contributed by atoms with Crippen LogP contribution in [-0.2, 0) is 14.8 Å². The van der Waals surface area contributed by atoms with E-state index in [1.165, 1.54) is 23.5 Å². The van der Waals surface area contributed by atoms with Crippen LogP contribution in [-0.4, -0.2) is 56.3 Å². The lowest BCUT2D eigenvalue weighted by atomic mass is 10.2. The molecule has 1 amide bonds. The molecule has 2 aromatic carbocycles. The summed E-state index contributed by atoms with van der Waals surface area (Å²) in [5.41, 5.74) is 1.04. The second kappa shape index (κ2) is 9.37. The maximum absolute atomic E-state index is 13.0. The fraction of sp³-hybridized carbons (Fsp3) is 0.381. The number of nitrogens with one attached hydrogen (secondary N) is 1. The third kappa shape index (κ3) is 5.55. The molecule has 0 aliphatic carbocycles. The highest BCUT2D eigenvalue weighted by Gasteiger charge is 2.26. The summed E-state index contributed by atoms with van der Waals surface area (Å²) in [6.07, 6.45) is 1.61. The molecule has 1 saturated heterocycles. The molecule has 1 heterocycles. The summed E-state index contributed by atoms with van der Waals surface area (Å²) >= 11 is 0. The van der Waals surface area contributed by atoms with Gasteiger partial charge in [-0.2, -0.15) is 0 Å². The highest BCUT2D eigenvalue weighted by atomic mass is 32.2. The number of hydrogen-bond acceptors (Lipinski definition) is 4. The van der Waals surface area contributed by atoms with Gasteiger partial charge in [-0.05, 0) is 49.2 Å². The van der Waals surface area contributed by atoms with Crippen molar-refractivity contribution in [1.29, 1.82) is 0 Å². The number of sulfonamides is 1. The minimum atomic E-state index is -3.68. The van der Waals surface area contributed by atoms with Crippen LogP contribution in [0.15, 0.2) is 59.5 Å². The fourth-order valence-corrected chi connectivity index (χ4v) is 4.60. The highest BCUT2D eigenvalue weighted by molar-refractivity contribution is 7.89. The molecule has 0 saturated carbocycles. The Kier molecular flexibility index (Phi) is 6.87. The molecule has 1 aliphatic rings. The van der Waals surface area contributed by atoms with Crippen LogP contribution in [0.3, 0.4) is 0 Å². The van der Waals surface area contributed by atoms with E-state index in [-0.39, 0.29) is 23.4 Å².